The van der Waals surface area contributed by atoms with Crippen LogP contribution in [0, 0.1) is 0 Å². The Kier molecular flexibility index (Phi) is 2.25. The zero-order chi connectivity index (χ0) is 10.1. The largest absolute Gasteiger partial charge is 0.464 e. The van der Waals surface area contributed by atoms with E-state index in [1.165, 1.54) is 7.11 Å². The molecule has 1 aromatic rings. The number of fused-ring (bicyclic) bond motifs is 1. The number of carbonyl (C=O) groups is 1. The van der Waals surface area contributed by atoms with Crippen LogP contribution in [0.25, 0.3) is 0 Å². The molecule has 2 heterocycles. The van der Waals surface area contributed by atoms with Gasteiger partial charge in [0, 0.05) is 19.1 Å². The number of nitrogens with one attached hydrogen (secondary N) is 1. The number of aromatic nitrogens is 2. The third-order valence-electron chi connectivity index (χ3n) is 2.41. The Balaban J connectivity index is 2.33. The molecule has 76 valence electrons. The van der Waals surface area contributed by atoms with Crippen LogP contribution in [0.15, 0.2) is 6.33 Å². The fourth-order valence-electron chi connectivity index (χ4n) is 1.65. The van der Waals surface area contributed by atoms with E-state index < -0.39 is 0 Å². The van der Waals surface area contributed by atoms with Crippen molar-refractivity contribution in [2.45, 2.75) is 26.1 Å². The molecule has 0 aromatic carbocycles. The molecule has 1 atom stereocenters. The highest BCUT2D eigenvalue weighted by Gasteiger charge is 2.22. The van der Waals surface area contributed by atoms with E-state index in [4.69, 9.17) is 0 Å². The van der Waals surface area contributed by atoms with E-state index >= 15 is 0 Å². The summed E-state index contributed by atoms with van der Waals surface area (Å²) in [4.78, 5) is 15.4. The number of hydrogen-bond donors (Lipinski definition) is 1. The Morgan fingerprint density at radius 2 is 2.57 bits per heavy atom. The summed E-state index contributed by atoms with van der Waals surface area (Å²) in [6.07, 6.45) is 1.69. The summed E-state index contributed by atoms with van der Waals surface area (Å²) in [5.74, 6) is -0.366. The quantitative estimate of drug-likeness (QED) is 0.649. The highest BCUT2D eigenvalue weighted by Crippen LogP contribution is 2.13. The van der Waals surface area contributed by atoms with Gasteiger partial charge in [0.15, 0.2) is 5.69 Å². The third-order valence-corrected chi connectivity index (χ3v) is 2.41. The van der Waals surface area contributed by atoms with Crippen molar-refractivity contribution in [3.63, 3.8) is 0 Å². The molecule has 5 nitrogen and oxygen atoms in total. The number of esters is 1. The molecule has 1 aliphatic rings. The van der Waals surface area contributed by atoms with Crippen LogP contribution in [0.2, 0.25) is 0 Å². The molecule has 0 amide bonds. The predicted octanol–water partition coefficient (Wildman–Crippen LogP) is 0.161. The Bertz CT molecular complexity index is 359. The highest BCUT2D eigenvalue weighted by molar-refractivity contribution is 5.88. The van der Waals surface area contributed by atoms with E-state index in [0.717, 1.165) is 12.2 Å². The first-order valence-corrected chi connectivity index (χ1v) is 4.58. The van der Waals surface area contributed by atoms with Crippen LogP contribution in [0.4, 0.5) is 0 Å². The van der Waals surface area contributed by atoms with Crippen molar-refractivity contribution in [1.29, 1.82) is 0 Å². The van der Waals surface area contributed by atoms with Crippen LogP contribution in [0.3, 0.4) is 0 Å². The maximum absolute atomic E-state index is 11.3. The van der Waals surface area contributed by atoms with Gasteiger partial charge in [0.25, 0.3) is 0 Å². The smallest absolute Gasteiger partial charge is 0.358 e. The van der Waals surface area contributed by atoms with Gasteiger partial charge < -0.3 is 14.6 Å². The maximum atomic E-state index is 11.3. The standard InChI is InChI=1S/C9H13N3O2/c1-6-4-12-5-11-8(9(13)14-2)7(12)3-10-6/h5-6,10H,3-4H2,1-2H3/t6-/m0/s1. The van der Waals surface area contributed by atoms with Crippen LogP contribution < -0.4 is 5.32 Å². The zero-order valence-electron chi connectivity index (χ0n) is 8.28. The number of rotatable bonds is 1. The first kappa shape index (κ1) is 9.21. The van der Waals surface area contributed by atoms with Crippen molar-refractivity contribution in [2.24, 2.45) is 0 Å². The molecule has 0 radical (unpaired) electrons. The van der Waals surface area contributed by atoms with E-state index in [9.17, 15) is 4.79 Å². The Hall–Kier alpha value is -1.36. The van der Waals surface area contributed by atoms with Gasteiger partial charge in [0.2, 0.25) is 0 Å². The number of nitrogens with zero attached hydrogens (tertiary/aromatic N) is 2. The molecule has 0 unspecified atom stereocenters. The maximum Gasteiger partial charge on any atom is 0.358 e. The summed E-state index contributed by atoms with van der Waals surface area (Å²) in [6.45, 7) is 3.62. The first-order valence-electron chi connectivity index (χ1n) is 4.58. The van der Waals surface area contributed by atoms with E-state index in [1.54, 1.807) is 6.33 Å². The minimum atomic E-state index is -0.366. The lowest BCUT2D eigenvalue weighted by Gasteiger charge is -2.22. The Morgan fingerprint density at radius 3 is 3.29 bits per heavy atom. The molecule has 1 N–H and O–H groups in total. The van der Waals surface area contributed by atoms with Crippen LogP contribution in [-0.2, 0) is 17.8 Å². The molecule has 1 aromatic heterocycles. The lowest BCUT2D eigenvalue weighted by molar-refractivity contribution is 0.0592. The van der Waals surface area contributed by atoms with Crippen LogP contribution >= 0.6 is 0 Å². The van der Waals surface area contributed by atoms with Gasteiger partial charge in [-0.2, -0.15) is 0 Å². The van der Waals surface area contributed by atoms with Gasteiger partial charge >= 0.3 is 5.97 Å². The van der Waals surface area contributed by atoms with Gasteiger partial charge in [-0.15, -0.1) is 0 Å². The van der Waals surface area contributed by atoms with Gasteiger partial charge in [-0.25, -0.2) is 9.78 Å². The van der Waals surface area contributed by atoms with Crippen LogP contribution in [0.5, 0.6) is 0 Å². The summed E-state index contributed by atoms with van der Waals surface area (Å²) in [7, 11) is 1.37. The summed E-state index contributed by atoms with van der Waals surface area (Å²) < 4.78 is 6.64. The molecule has 0 saturated heterocycles. The number of hydrogen-bond acceptors (Lipinski definition) is 4. The molecule has 0 spiro atoms. The van der Waals surface area contributed by atoms with E-state index in [0.29, 0.717) is 18.3 Å². The summed E-state index contributed by atoms with van der Waals surface area (Å²) in [5.41, 5.74) is 1.34. The molecular formula is C9H13N3O2. The lowest BCUT2D eigenvalue weighted by atomic mass is 10.2. The fourth-order valence-corrected chi connectivity index (χ4v) is 1.65. The second-order valence-corrected chi connectivity index (χ2v) is 3.47. The van der Waals surface area contributed by atoms with E-state index in [-0.39, 0.29) is 5.97 Å². The van der Waals surface area contributed by atoms with Gasteiger partial charge in [-0.05, 0) is 6.92 Å². The number of carbonyl (C=O) groups excluding carboxylic acids is 1. The molecular weight excluding hydrogens is 182 g/mol. The number of ether oxygens (including phenoxy) is 1. The molecule has 2 rings (SSSR count). The Morgan fingerprint density at radius 1 is 1.79 bits per heavy atom. The van der Waals surface area contributed by atoms with E-state index in [1.807, 2.05) is 4.57 Å². The van der Waals surface area contributed by atoms with Gasteiger partial charge in [-0.1, -0.05) is 0 Å². The first-order chi connectivity index (χ1) is 6.72. The number of methoxy groups -OCH3 is 1. The normalized spacial score (nSPS) is 20.3. The molecule has 1 aliphatic heterocycles. The highest BCUT2D eigenvalue weighted by atomic mass is 16.5. The Labute approximate surface area is 82.1 Å². The van der Waals surface area contributed by atoms with Crippen molar-refractivity contribution >= 4 is 5.97 Å². The molecule has 0 saturated carbocycles. The van der Waals surface area contributed by atoms with Gasteiger partial charge in [-0.3, -0.25) is 0 Å². The van der Waals surface area contributed by atoms with Crippen molar-refractivity contribution < 1.29 is 9.53 Å². The average molecular weight is 195 g/mol. The predicted molar refractivity (Wildman–Crippen MR) is 49.9 cm³/mol. The zero-order valence-corrected chi connectivity index (χ0v) is 8.28. The van der Waals surface area contributed by atoms with Crippen molar-refractivity contribution in [2.75, 3.05) is 7.11 Å². The fraction of sp³-hybridized carbons (Fsp3) is 0.556. The van der Waals surface area contributed by atoms with Gasteiger partial charge in [0.05, 0.1) is 19.1 Å². The monoisotopic (exact) mass is 195 g/mol. The molecule has 14 heavy (non-hydrogen) atoms. The minimum absolute atomic E-state index is 0.366. The average Bonchev–Trinajstić information content (AvgIpc) is 2.59. The third kappa shape index (κ3) is 1.39. The van der Waals surface area contributed by atoms with Crippen molar-refractivity contribution in [3.05, 3.63) is 17.7 Å². The summed E-state index contributed by atoms with van der Waals surface area (Å²) in [5, 5.41) is 3.28. The van der Waals surface area contributed by atoms with Crippen molar-refractivity contribution in [3.8, 4) is 0 Å². The topological polar surface area (TPSA) is 56.1 Å². The SMILES string of the molecule is COC(=O)c1ncn2c1CN[C@@H](C)C2. The second kappa shape index (κ2) is 3.42. The number of imidazole rings is 1. The second-order valence-electron chi connectivity index (χ2n) is 3.47. The van der Waals surface area contributed by atoms with Crippen LogP contribution in [0.1, 0.15) is 23.1 Å². The summed E-state index contributed by atoms with van der Waals surface area (Å²) in [6, 6.07) is 0.419. The molecule has 0 aliphatic carbocycles. The van der Waals surface area contributed by atoms with Crippen LogP contribution in [-0.4, -0.2) is 28.7 Å². The molecule has 0 fully saturated rings. The lowest BCUT2D eigenvalue weighted by Crippen LogP contribution is -2.36. The molecule has 5 heteroatoms. The summed E-state index contributed by atoms with van der Waals surface area (Å²) >= 11 is 0. The minimum Gasteiger partial charge on any atom is -0.464 e. The van der Waals surface area contributed by atoms with Crippen molar-refractivity contribution in [1.82, 2.24) is 14.9 Å². The molecule has 0 bridgehead atoms. The van der Waals surface area contributed by atoms with E-state index in [2.05, 4.69) is 22.0 Å². The van der Waals surface area contributed by atoms with Gasteiger partial charge in [0.1, 0.15) is 0 Å².